The average Bonchev–Trinajstić information content (AvgIpc) is 2.97. The van der Waals surface area contributed by atoms with Crippen LogP contribution in [-0.2, 0) is 13.1 Å². The molecule has 1 aromatic heterocycles. The van der Waals surface area contributed by atoms with Crippen molar-refractivity contribution in [2.24, 2.45) is 0 Å². The number of imidazole rings is 1. The molecule has 0 saturated carbocycles. The number of aryl methyl sites for hydroxylation is 1. The van der Waals surface area contributed by atoms with Crippen molar-refractivity contribution >= 4 is 16.7 Å². The number of nitrogens with one attached hydrogen (secondary N) is 1. The van der Waals surface area contributed by atoms with E-state index in [4.69, 9.17) is 4.74 Å². The Bertz CT molecular complexity index is 762. The van der Waals surface area contributed by atoms with Gasteiger partial charge in [0.25, 0.3) is 0 Å². The minimum atomic E-state index is 0.697. The topological polar surface area (TPSA) is 39.1 Å². The maximum atomic E-state index is 5.46. The highest BCUT2D eigenvalue weighted by Gasteiger charge is 2.03. The second-order valence-corrected chi connectivity index (χ2v) is 5.57. The Balaban J connectivity index is 1.67. The third-order valence-corrected chi connectivity index (χ3v) is 3.82. The summed E-state index contributed by atoms with van der Waals surface area (Å²) in [5.74, 6) is 0.916. The average molecular weight is 309 g/mol. The maximum absolute atomic E-state index is 5.46. The number of ether oxygens (including phenoxy) is 1. The fourth-order valence-electron chi connectivity index (χ4n) is 2.67. The third kappa shape index (κ3) is 3.65. The van der Waals surface area contributed by atoms with E-state index in [-0.39, 0.29) is 0 Å². The Labute approximate surface area is 137 Å². The number of hydrogen-bond acceptors (Lipinski definition) is 3. The van der Waals surface area contributed by atoms with Crippen LogP contribution in [0.3, 0.4) is 0 Å². The molecule has 3 rings (SSSR count). The van der Waals surface area contributed by atoms with Gasteiger partial charge in [-0.2, -0.15) is 0 Å². The van der Waals surface area contributed by atoms with E-state index in [0.717, 1.165) is 36.5 Å². The van der Waals surface area contributed by atoms with Crippen LogP contribution in [0, 0.1) is 0 Å². The molecular formula is C19H23N3O. The number of aromatic nitrogens is 2. The molecule has 4 nitrogen and oxygen atoms in total. The largest absolute Gasteiger partial charge is 0.494 e. The lowest BCUT2D eigenvalue weighted by Gasteiger charge is -2.08. The SMILES string of the molecule is CCCn1cnc2cc(NCc3ccc(OCC)cc3)ccc21. The monoisotopic (exact) mass is 309 g/mol. The van der Waals surface area contributed by atoms with Gasteiger partial charge in [0.15, 0.2) is 0 Å². The summed E-state index contributed by atoms with van der Waals surface area (Å²) in [4.78, 5) is 4.49. The molecule has 3 aromatic rings. The third-order valence-electron chi connectivity index (χ3n) is 3.82. The van der Waals surface area contributed by atoms with Crippen LogP contribution in [0.15, 0.2) is 48.8 Å². The molecule has 0 radical (unpaired) electrons. The lowest BCUT2D eigenvalue weighted by Crippen LogP contribution is -2.00. The second-order valence-electron chi connectivity index (χ2n) is 5.57. The minimum absolute atomic E-state index is 0.697. The number of hydrogen-bond donors (Lipinski definition) is 1. The zero-order chi connectivity index (χ0) is 16.1. The molecule has 0 fully saturated rings. The summed E-state index contributed by atoms with van der Waals surface area (Å²) in [6.07, 6.45) is 3.04. The smallest absolute Gasteiger partial charge is 0.119 e. The highest BCUT2D eigenvalue weighted by atomic mass is 16.5. The molecule has 1 heterocycles. The van der Waals surface area contributed by atoms with Crippen LogP contribution in [0.4, 0.5) is 5.69 Å². The number of rotatable bonds is 7. The Hall–Kier alpha value is -2.49. The number of anilines is 1. The van der Waals surface area contributed by atoms with Crippen molar-refractivity contribution in [3.8, 4) is 5.75 Å². The Morgan fingerprint density at radius 1 is 1.09 bits per heavy atom. The molecule has 0 aliphatic carbocycles. The first-order valence-corrected chi connectivity index (χ1v) is 8.20. The van der Waals surface area contributed by atoms with Crippen molar-refractivity contribution < 1.29 is 4.74 Å². The molecule has 0 saturated heterocycles. The van der Waals surface area contributed by atoms with Gasteiger partial charge in [0, 0.05) is 18.8 Å². The van der Waals surface area contributed by atoms with Gasteiger partial charge in [-0.1, -0.05) is 19.1 Å². The van der Waals surface area contributed by atoms with Crippen molar-refractivity contribution in [3.63, 3.8) is 0 Å². The van der Waals surface area contributed by atoms with Gasteiger partial charge in [-0.3, -0.25) is 0 Å². The van der Waals surface area contributed by atoms with Crippen molar-refractivity contribution in [2.75, 3.05) is 11.9 Å². The summed E-state index contributed by atoms with van der Waals surface area (Å²) in [6, 6.07) is 14.6. The van der Waals surface area contributed by atoms with E-state index in [1.807, 2.05) is 25.4 Å². The highest BCUT2D eigenvalue weighted by molar-refractivity contribution is 5.79. The maximum Gasteiger partial charge on any atom is 0.119 e. The molecule has 0 aliphatic rings. The molecule has 0 bridgehead atoms. The van der Waals surface area contributed by atoms with Gasteiger partial charge < -0.3 is 14.6 Å². The van der Waals surface area contributed by atoms with E-state index >= 15 is 0 Å². The van der Waals surface area contributed by atoms with Gasteiger partial charge in [0.05, 0.1) is 24.0 Å². The molecule has 2 aromatic carbocycles. The predicted molar refractivity (Wildman–Crippen MR) is 95.0 cm³/mol. The van der Waals surface area contributed by atoms with Crippen LogP contribution >= 0.6 is 0 Å². The Morgan fingerprint density at radius 2 is 1.91 bits per heavy atom. The van der Waals surface area contributed by atoms with E-state index in [9.17, 15) is 0 Å². The standard InChI is InChI=1S/C19H23N3O/c1-3-11-22-14-21-18-12-16(7-10-19(18)22)20-13-15-5-8-17(9-6-15)23-4-2/h5-10,12,14,20H,3-4,11,13H2,1-2H3. The zero-order valence-corrected chi connectivity index (χ0v) is 13.7. The van der Waals surface area contributed by atoms with Gasteiger partial charge in [0.1, 0.15) is 5.75 Å². The van der Waals surface area contributed by atoms with Crippen LogP contribution < -0.4 is 10.1 Å². The van der Waals surface area contributed by atoms with Gasteiger partial charge in [-0.15, -0.1) is 0 Å². The molecule has 23 heavy (non-hydrogen) atoms. The van der Waals surface area contributed by atoms with Gasteiger partial charge in [0.2, 0.25) is 0 Å². The molecule has 4 heteroatoms. The minimum Gasteiger partial charge on any atom is -0.494 e. The molecule has 0 atom stereocenters. The first kappa shape index (κ1) is 15.4. The van der Waals surface area contributed by atoms with Gasteiger partial charge in [-0.25, -0.2) is 4.98 Å². The molecule has 0 unspecified atom stereocenters. The van der Waals surface area contributed by atoms with E-state index in [1.165, 1.54) is 11.1 Å². The van der Waals surface area contributed by atoms with Crippen LogP contribution in [0.2, 0.25) is 0 Å². The lowest BCUT2D eigenvalue weighted by molar-refractivity contribution is 0.340. The summed E-state index contributed by atoms with van der Waals surface area (Å²) in [5.41, 5.74) is 4.55. The molecule has 120 valence electrons. The first-order valence-electron chi connectivity index (χ1n) is 8.20. The van der Waals surface area contributed by atoms with E-state index < -0.39 is 0 Å². The van der Waals surface area contributed by atoms with Crippen molar-refractivity contribution in [1.29, 1.82) is 0 Å². The lowest BCUT2D eigenvalue weighted by atomic mass is 10.2. The predicted octanol–water partition coefficient (Wildman–Crippen LogP) is 4.46. The Morgan fingerprint density at radius 3 is 2.65 bits per heavy atom. The zero-order valence-electron chi connectivity index (χ0n) is 13.7. The normalized spacial score (nSPS) is 10.9. The summed E-state index contributed by atoms with van der Waals surface area (Å²) in [6.45, 7) is 6.66. The van der Waals surface area contributed by atoms with Crippen molar-refractivity contribution in [1.82, 2.24) is 9.55 Å². The number of nitrogens with zero attached hydrogens (tertiary/aromatic N) is 2. The molecular weight excluding hydrogens is 286 g/mol. The van der Waals surface area contributed by atoms with E-state index in [1.54, 1.807) is 0 Å². The summed E-state index contributed by atoms with van der Waals surface area (Å²) >= 11 is 0. The summed E-state index contributed by atoms with van der Waals surface area (Å²) in [7, 11) is 0. The molecule has 0 aliphatic heterocycles. The summed E-state index contributed by atoms with van der Waals surface area (Å²) < 4.78 is 7.66. The van der Waals surface area contributed by atoms with Crippen LogP contribution in [-0.4, -0.2) is 16.2 Å². The first-order chi connectivity index (χ1) is 11.3. The number of fused-ring (bicyclic) bond motifs is 1. The van der Waals surface area contributed by atoms with Crippen LogP contribution in [0.5, 0.6) is 5.75 Å². The fourth-order valence-corrected chi connectivity index (χ4v) is 2.67. The van der Waals surface area contributed by atoms with Crippen LogP contribution in [0.25, 0.3) is 11.0 Å². The quantitative estimate of drug-likeness (QED) is 0.700. The van der Waals surface area contributed by atoms with Gasteiger partial charge >= 0.3 is 0 Å². The highest BCUT2D eigenvalue weighted by Crippen LogP contribution is 2.19. The molecule has 1 N–H and O–H groups in total. The summed E-state index contributed by atoms with van der Waals surface area (Å²) in [5, 5.41) is 3.46. The van der Waals surface area contributed by atoms with Gasteiger partial charge in [-0.05, 0) is 49.2 Å². The molecule has 0 amide bonds. The van der Waals surface area contributed by atoms with E-state index in [2.05, 4.69) is 52.1 Å². The molecule has 0 spiro atoms. The van der Waals surface area contributed by atoms with Crippen molar-refractivity contribution in [2.45, 2.75) is 33.4 Å². The van der Waals surface area contributed by atoms with Crippen LogP contribution in [0.1, 0.15) is 25.8 Å². The fraction of sp³-hybridized carbons (Fsp3) is 0.316. The van der Waals surface area contributed by atoms with Crippen molar-refractivity contribution in [3.05, 3.63) is 54.4 Å². The Kier molecular flexibility index (Phi) is 4.81. The van der Waals surface area contributed by atoms with E-state index in [0.29, 0.717) is 6.61 Å². The number of benzene rings is 2. The second kappa shape index (κ2) is 7.18.